The topological polar surface area (TPSA) is 87.0 Å². The molecule has 0 spiro atoms. The van der Waals surface area contributed by atoms with E-state index >= 15 is 0 Å². The summed E-state index contributed by atoms with van der Waals surface area (Å²) in [6.07, 6.45) is 1.50. The number of nitrogens with one attached hydrogen (secondary N) is 2. The number of hydrogen-bond acceptors (Lipinski definition) is 5. The molecule has 0 fully saturated rings. The number of benzene rings is 2. The van der Waals surface area contributed by atoms with Crippen molar-refractivity contribution in [3.8, 4) is 11.8 Å². The molecule has 3 rings (SSSR count). The molecule has 2 N–H and O–H groups in total. The number of nitrogens with zero attached hydrogens (tertiary/aromatic N) is 2. The summed E-state index contributed by atoms with van der Waals surface area (Å²) in [5, 5.41) is 14.9. The maximum absolute atomic E-state index is 12.3. The number of anilines is 3. The van der Waals surface area contributed by atoms with Crippen LogP contribution in [0.15, 0.2) is 66.9 Å². The molecule has 0 radical (unpaired) electrons. The third kappa shape index (κ3) is 4.61. The van der Waals surface area contributed by atoms with Crippen LogP contribution in [0, 0.1) is 11.3 Å². The molecule has 0 saturated heterocycles. The van der Waals surface area contributed by atoms with E-state index in [1.54, 1.807) is 36.4 Å². The van der Waals surface area contributed by atoms with Gasteiger partial charge in [0.1, 0.15) is 11.6 Å². The minimum absolute atomic E-state index is 0.293. The van der Waals surface area contributed by atoms with Crippen LogP contribution in [0.5, 0.6) is 5.75 Å². The Hall–Kier alpha value is -3.85. The van der Waals surface area contributed by atoms with E-state index in [1.165, 1.54) is 6.20 Å². The summed E-state index contributed by atoms with van der Waals surface area (Å²) in [6, 6.07) is 19.8. The van der Waals surface area contributed by atoms with Crippen molar-refractivity contribution in [2.75, 3.05) is 17.2 Å². The van der Waals surface area contributed by atoms with Crippen LogP contribution in [0.3, 0.4) is 0 Å². The maximum atomic E-state index is 12.3. The number of hydrogen-bond donors (Lipinski definition) is 2. The number of aromatic nitrogens is 1. The molecular formula is C21H18N4O2. The highest BCUT2D eigenvalue weighted by Crippen LogP contribution is 2.26. The highest BCUT2D eigenvalue weighted by molar-refractivity contribution is 6.04. The molecule has 1 aromatic heterocycles. The normalized spacial score (nSPS) is 9.93. The molecule has 0 atom stereocenters. The van der Waals surface area contributed by atoms with Crippen molar-refractivity contribution >= 4 is 23.1 Å². The first-order valence-corrected chi connectivity index (χ1v) is 8.46. The Morgan fingerprint density at radius 2 is 2.00 bits per heavy atom. The predicted molar refractivity (Wildman–Crippen MR) is 104 cm³/mol. The zero-order chi connectivity index (χ0) is 19.1. The Balaban J connectivity index is 1.70. The molecule has 0 saturated carbocycles. The highest BCUT2D eigenvalue weighted by Gasteiger charge is 2.08. The first-order valence-electron chi connectivity index (χ1n) is 8.46. The van der Waals surface area contributed by atoms with Gasteiger partial charge in [-0.25, -0.2) is 4.98 Å². The molecule has 2 aromatic carbocycles. The number of para-hydroxylation sites is 2. The molecule has 1 heterocycles. The number of ether oxygens (including phenoxy) is 1. The number of carbonyl (C=O) groups excluding carboxylic acids is 1. The molecule has 0 aliphatic heterocycles. The standard InChI is InChI=1S/C21H18N4O2/c1-2-27-19-9-4-3-8-18(19)25-20-11-10-16(14-23-20)21(26)24-17-7-5-6-15(12-17)13-22/h3-12,14H,2H2,1H3,(H,23,25)(H,24,26). The minimum Gasteiger partial charge on any atom is -0.492 e. The van der Waals surface area contributed by atoms with Crippen molar-refractivity contribution < 1.29 is 9.53 Å². The van der Waals surface area contributed by atoms with Gasteiger partial charge in [0.15, 0.2) is 0 Å². The fourth-order valence-electron chi connectivity index (χ4n) is 2.46. The summed E-state index contributed by atoms with van der Waals surface area (Å²) in [4.78, 5) is 16.6. The van der Waals surface area contributed by atoms with Gasteiger partial charge in [-0.3, -0.25) is 4.79 Å². The van der Waals surface area contributed by atoms with Gasteiger partial charge in [-0.1, -0.05) is 18.2 Å². The monoisotopic (exact) mass is 358 g/mol. The van der Waals surface area contributed by atoms with E-state index < -0.39 is 0 Å². The number of carbonyl (C=O) groups is 1. The number of amides is 1. The predicted octanol–water partition coefficient (Wildman–Crippen LogP) is 4.35. The van der Waals surface area contributed by atoms with Gasteiger partial charge in [0.05, 0.1) is 29.5 Å². The second kappa shape index (κ2) is 8.50. The Bertz CT molecular complexity index is 978. The zero-order valence-electron chi connectivity index (χ0n) is 14.8. The Kier molecular flexibility index (Phi) is 5.65. The van der Waals surface area contributed by atoms with Crippen LogP contribution in [-0.4, -0.2) is 17.5 Å². The van der Waals surface area contributed by atoms with Gasteiger partial charge >= 0.3 is 0 Å². The van der Waals surface area contributed by atoms with E-state index in [0.717, 1.165) is 11.4 Å². The maximum Gasteiger partial charge on any atom is 0.257 e. The van der Waals surface area contributed by atoms with E-state index in [0.29, 0.717) is 29.2 Å². The molecule has 0 unspecified atom stereocenters. The first kappa shape index (κ1) is 18.0. The lowest BCUT2D eigenvalue weighted by atomic mass is 10.2. The Morgan fingerprint density at radius 1 is 1.15 bits per heavy atom. The fourth-order valence-corrected chi connectivity index (χ4v) is 2.46. The lowest BCUT2D eigenvalue weighted by Crippen LogP contribution is -2.12. The molecule has 6 heteroatoms. The van der Waals surface area contributed by atoms with Gasteiger partial charge in [-0.05, 0) is 49.4 Å². The molecule has 134 valence electrons. The first-order chi connectivity index (χ1) is 13.2. The van der Waals surface area contributed by atoms with Gasteiger partial charge in [-0.2, -0.15) is 5.26 Å². The van der Waals surface area contributed by atoms with Crippen LogP contribution in [0.25, 0.3) is 0 Å². The van der Waals surface area contributed by atoms with Gasteiger partial charge in [0, 0.05) is 11.9 Å². The number of rotatable bonds is 6. The van der Waals surface area contributed by atoms with Crippen molar-refractivity contribution in [1.82, 2.24) is 4.98 Å². The fraction of sp³-hybridized carbons (Fsp3) is 0.0952. The second-order valence-electron chi connectivity index (χ2n) is 5.63. The molecule has 1 amide bonds. The number of pyridine rings is 1. The average molecular weight is 358 g/mol. The van der Waals surface area contributed by atoms with Crippen molar-refractivity contribution in [3.63, 3.8) is 0 Å². The third-order valence-electron chi connectivity index (χ3n) is 3.72. The molecule has 0 aliphatic carbocycles. The van der Waals surface area contributed by atoms with Gasteiger partial charge in [0.2, 0.25) is 0 Å². The molecule has 6 nitrogen and oxygen atoms in total. The van der Waals surface area contributed by atoms with E-state index in [4.69, 9.17) is 10.00 Å². The largest absolute Gasteiger partial charge is 0.492 e. The molecule has 0 bridgehead atoms. The van der Waals surface area contributed by atoms with Crippen LogP contribution in [0.1, 0.15) is 22.8 Å². The van der Waals surface area contributed by atoms with Gasteiger partial charge < -0.3 is 15.4 Å². The molecule has 0 aliphatic rings. The van der Waals surface area contributed by atoms with Crippen LogP contribution in [0.2, 0.25) is 0 Å². The summed E-state index contributed by atoms with van der Waals surface area (Å²) in [6.45, 7) is 2.49. The lowest BCUT2D eigenvalue weighted by molar-refractivity contribution is 0.102. The quantitative estimate of drug-likeness (QED) is 0.684. The summed E-state index contributed by atoms with van der Waals surface area (Å²) in [5.41, 5.74) is 2.27. The second-order valence-corrected chi connectivity index (χ2v) is 5.63. The molecular weight excluding hydrogens is 340 g/mol. The van der Waals surface area contributed by atoms with E-state index in [1.807, 2.05) is 37.3 Å². The third-order valence-corrected chi connectivity index (χ3v) is 3.72. The van der Waals surface area contributed by atoms with Crippen LogP contribution < -0.4 is 15.4 Å². The Morgan fingerprint density at radius 3 is 2.74 bits per heavy atom. The van der Waals surface area contributed by atoms with Crippen LogP contribution in [0.4, 0.5) is 17.2 Å². The average Bonchev–Trinajstić information content (AvgIpc) is 2.70. The molecule has 27 heavy (non-hydrogen) atoms. The van der Waals surface area contributed by atoms with E-state index in [-0.39, 0.29) is 5.91 Å². The zero-order valence-corrected chi connectivity index (χ0v) is 14.8. The summed E-state index contributed by atoms with van der Waals surface area (Å²) < 4.78 is 5.58. The SMILES string of the molecule is CCOc1ccccc1Nc1ccc(C(=O)Nc2cccc(C#N)c2)cn1. The van der Waals surface area contributed by atoms with Crippen molar-refractivity contribution in [1.29, 1.82) is 5.26 Å². The van der Waals surface area contributed by atoms with Crippen molar-refractivity contribution in [3.05, 3.63) is 78.0 Å². The van der Waals surface area contributed by atoms with Crippen molar-refractivity contribution in [2.45, 2.75) is 6.92 Å². The minimum atomic E-state index is -0.293. The Labute approximate surface area is 157 Å². The van der Waals surface area contributed by atoms with Gasteiger partial charge in [0.25, 0.3) is 5.91 Å². The van der Waals surface area contributed by atoms with E-state index in [9.17, 15) is 4.79 Å². The lowest BCUT2D eigenvalue weighted by Gasteiger charge is -2.12. The molecule has 3 aromatic rings. The smallest absolute Gasteiger partial charge is 0.257 e. The van der Waals surface area contributed by atoms with Crippen LogP contribution in [-0.2, 0) is 0 Å². The summed E-state index contributed by atoms with van der Waals surface area (Å²) in [7, 11) is 0. The van der Waals surface area contributed by atoms with Crippen LogP contribution >= 0.6 is 0 Å². The summed E-state index contributed by atoms with van der Waals surface area (Å²) in [5.74, 6) is 1.05. The van der Waals surface area contributed by atoms with E-state index in [2.05, 4.69) is 15.6 Å². The number of nitriles is 1. The highest BCUT2D eigenvalue weighted by atomic mass is 16.5. The van der Waals surface area contributed by atoms with Crippen molar-refractivity contribution in [2.24, 2.45) is 0 Å². The summed E-state index contributed by atoms with van der Waals surface area (Å²) >= 11 is 0. The van der Waals surface area contributed by atoms with Gasteiger partial charge in [-0.15, -0.1) is 0 Å².